The molecule has 0 radical (unpaired) electrons. The molecule has 0 aliphatic rings. The third kappa shape index (κ3) is 4.19. The Morgan fingerprint density at radius 2 is 1.43 bits per heavy atom. The second-order valence-corrected chi connectivity index (χ2v) is 5.94. The lowest BCUT2D eigenvalue weighted by Gasteiger charge is -2.12. The van der Waals surface area contributed by atoms with Crippen LogP contribution in [0.2, 0.25) is 0 Å². The molecule has 0 atom stereocenters. The van der Waals surface area contributed by atoms with Crippen molar-refractivity contribution in [2.45, 2.75) is 27.7 Å². The van der Waals surface area contributed by atoms with Gasteiger partial charge in [-0.15, -0.1) is 0 Å². The van der Waals surface area contributed by atoms with E-state index >= 15 is 0 Å². The van der Waals surface area contributed by atoms with Crippen LogP contribution < -0.4 is 10.6 Å². The maximum atomic E-state index is 12.4. The van der Waals surface area contributed by atoms with Crippen molar-refractivity contribution < 1.29 is 9.59 Å². The molecule has 2 amide bonds. The van der Waals surface area contributed by atoms with E-state index in [2.05, 4.69) is 10.6 Å². The van der Waals surface area contributed by atoms with Crippen LogP contribution in [0.3, 0.4) is 0 Å². The van der Waals surface area contributed by atoms with Crippen LogP contribution in [0.5, 0.6) is 0 Å². The number of anilines is 2. The SMILES string of the molecule is Cc1cccc(C)c1NC(=O)c1ccc(NC(=O)C(C)C)cc1. The van der Waals surface area contributed by atoms with Gasteiger partial charge in [-0.3, -0.25) is 9.59 Å². The predicted octanol–water partition coefficient (Wildman–Crippen LogP) is 4.15. The molecule has 0 fully saturated rings. The summed E-state index contributed by atoms with van der Waals surface area (Å²) in [6.07, 6.45) is 0. The average molecular weight is 310 g/mol. The lowest BCUT2D eigenvalue weighted by molar-refractivity contribution is -0.118. The summed E-state index contributed by atoms with van der Waals surface area (Å²) in [5.74, 6) is -0.288. The molecule has 4 nitrogen and oxygen atoms in total. The van der Waals surface area contributed by atoms with Crippen LogP contribution in [0.4, 0.5) is 11.4 Å². The smallest absolute Gasteiger partial charge is 0.255 e. The van der Waals surface area contributed by atoms with E-state index in [0.29, 0.717) is 11.3 Å². The molecular formula is C19H22N2O2. The van der Waals surface area contributed by atoms with Gasteiger partial charge in [0.05, 0.1) is 0 Å². The molecule has 2 aromatic rings. The summed E-state index contributed by atoms with van der Waals surface area (Å²) in [6.45, 7) is 7.60. The van der Waals surface area contributed by atoms with E-state index in [1.807, 2.05) is 45.9 Å². The Bertz CT molecular complexity index is 698. The Morgan fingerprint density at radius 3 is 1.96 bits per heavy atom. The van der Waals surface area contributed by atoms with Crippen LogP contribution in [0.25, 0.3) is 0 Å². The summed E-state index contributed by atoms with van der Waals surface area (Å²) in [5, 5.41) is 5.75. The molecular weight excluding hydrogens is 288 g/mol. The second kappa shape index (κ2) is 7.09. The number of aryl methyl sites for hydroxylation is 2. The van der Waals surface area contributed by atoms with Crippen LogP contribution in [-0.2, 0) is 4.79 Å². The first-order valence-corrected chi connectivity index (χ1v) is 7.67. The van der Waals surface area contributed by atoms with Crippen molar-refractivity contribution >= 4 is 23.2 Å². The average Bonchev–Trinajstić information content (AvgIpc) is 2.51. The van der Waals surface area contributed by atoms with Gasteiger partial charge >= 0.3 is 0 Å². The normalized spacial score (nSPS) is 10.5. The fourth-order valence-corrected chi connectivity index (χ4v) is 2.19. The van der Waals surface area contributed by atoms with Crippen molar-refractivity contribution in [3.63, 3.8) is 0 Å². The van der Waals surface area contributed by atoms with Gasteiger partial charge in [0.1, 0.15) is 0 Å². The van der Waals surface area contributed by atoms with Crippen molar-refractivity contribution in [2.75, 3.05) is 10.6 Å². The van der Waals surface area contributed by atoms with Gasteiger partial charge in [0.2, 0.25) is 5.91 Å². The molecule has 4 heteroatoms. The number of amides is 2. The number of hydrogen-bond acceptors (Lipinski definition) is 2. The predicted molar refractivity (Wildman–Crippen MR) is 93.8 cm³/mol. The first-order chi connectivity index (χ1) is 10.9. The fourth-order valence-electron chi connectivity index (χ4n) is 2.19. The first kappa shape index (κ1) is 16.7. The molecule has 0 saturated heterocycles. The van der Waals surface area contributed by atoms with Crippen molar-refractivity contribution in [3.8, 4) is 0 Å². The molecule has 0 bridgehead atoms. The van der Waals surface area contributed by atoms with Gasteiger partial charge in [0.25, 0.3) is 5.91 Å². The molecule has 23 heavy (non-hydrogen) atoms. The highest BCUT2D eigenvalue weighted by Crippen LogP contribution is 2.20. The van der Waals surface area contributed by atoms with Gasteiger partial charge in [-0.1, -0.05) is 32.0 Å². The van der Waals surface area contributed by atoms with Crippen LogP contribution >= 0.6 is 0 Å². The summed E-state index contributed by atoms with van der Waals surface area (Å²) < 4.78 is 0. The molecule has 0 saturated carbocycles. The van der Waals surface area contributed by atoms with Gasteiger partial charge in [-0.05, 0) is 49.2 Å². The van der Waals surface area contributed by atoms with Gasteiger partial charge in [0.15, 0.2) is 0 Å². The summed E-state index contributed by atoms with van der Waals surface area (Å²) in [4.78, 5) is 24.0. The van der Waals surface area contributed by atoms with Crippen LogP contribution in [0.15, 0.2) is 42.5 Å². The highest BCUT2D eigenvalue weighted by atomic mass is 16.2. The quantitative estimate of drug-likeness (QED) is 0.891. The third-order valence-electron chi connectivity index (χ3n) is 3.66. The highest BCUT2D eigenvalue weighted by Gasteiger charge is 2.11. The lowest BCUT2D eigenvalue weighted by atomic mass is 10.1. The zero-order chi connectivity index (χ0) is 17.0. The maximum Gasteiger partial charge on any atom is 0.255 e. The summed E-state index contributed by atoms with van der Waals surface area (Å²) in [5.41, 5.74) is 4.13. The van der Waals surface area contributed by atoms with E-state index in [-0.39, 0.29) is 17.7 Å². The minimum atomic E-state index is -0.163. The van der Waals surface area contributed by atoms with E-state index in [1.165, 1.54) is 0 Å². The number of carbonyl (C=O) groups is 2. The number of rotatable bonds is 4. The zero-order valence-electron chi connectivity index (χ0n) is 13.9. The number of hydrogen-bond donors (Lipinski definition) is 2. The number of carbonyl (C=O) groups excluding carboxylic acids is 2. The number of para-hydroxylation sites is 1. The monoisotopic (exact) mass is 310 g/mol. The fraction of sp³-hybridized carbons (Fsp3) is 0.263. The summed E-state index contributed by atoms with van der Waals surface area (Å²) in [6, 6.07) is 12.8. The summed E-state index contributed by atoms with van der Waals surface area (Å²) in [7, 11) is 0. The third-order valence-corrected chi connectivity index (χ3v) is 3.66. The minimum Gasteiger partial charge on any atom is -0.326 e. The van der Waals surface area contributed by atoms with Crippen LogP contribution in [-0.4, -0.2) is 11.8 Å². The van der Waals surface area contributed by atoms with Gasteiger partial charge < -0.3 is 10.6 Å². The van der Waals surface area contributed by atoms with E-state index in [4.69, 9.17) is 0 Å². The Labute approximate surface area is 136 Å². The topological polar surface area (TPSA) is 58.2 Å². The first-order valence-electron chi connectivity index (χ1n) is 7.67. The zero-order valence-corrected chi connectivity index (χ0v) is 13.9. The van der Waals surface area contributed by atoms with E-state index in [1.54, 1.807) is 24.3 Å². The van der Waals surface area contributed by atoms with E-state index in [9.17, 15) is 9.59 Å². The van der Waals surface area contributed by atoms with Gasteiger partial charge in [-0.2, -0.15) is 0 Å². The molecule has 2 N–H and O–H groups in total. The van der Waals surface area contributed by atoms with Gasteiger partial charge in [0, 0.05) is 22.9 Å². The van der Waals surface area contributed by atoms with Crippen LogP contribution in [0.1, 0.15) is 35.3 Å². The van der Waals surface area contributed by atoms with Crippen molar-refractivity contribution in [1.29, 1.82) is 0 Å². The molecule has 2 aromatic carbocycles. The second-order valence-electron chi connectivity index (χ2n) is 5.94. The lowest BCUT2D eigenvalue weighted by Crippen LogP contribution is -2.18. The molecule has 0 aromatic heterocycles. The Morgan fingerprint density at radius 1 is 0.870 bits per heavy atom. The van der Waals surface area contributed by atoms with Crippen molar-refractivity contribution in [3.05, 3.63) is 59.2 Å². The standard InChI is InChI=1S/C19H22N2O2/c1-12(2)18(22)20-16-10-8-15(9-11-16)19(23)21-17-13(3)6-5-7-14(17)4/h5-12H,1-4H3,(H,20,22)(H,21,23). The van der Waals surface area contributed by atoms with Crippen molar-refractivity contribution in [2.24, 2.45) is 5.92 Å². The van der Waals surface area contributed by atoms with Gasteiger partial charge in [-0.25, -0.2) is 0 Å². The molecule has 0 heterocycles. The molecule has 0 aliphatic carbocycles. The van der Waals surface area contributed by atoms with E-state index in [0.717, 1.165) is 16.8 Å². The molecule has 2 rings (SSSR count). The number of nitrogens with one attached hydrogen (secondary N) is 2. The van der Waals surface area contributed by atoms with Crippen molar-refractivity contribution in [1.82, 2.24) is 0 Å². The molecule has 120 valence electrons. The van der Waals surface area contributed by atoms with E-state index < -0.39 is 0 Å². The Balaban J connectivity index is 2.10. The minimum absolute atomic E-state index is 0.0438. The largest absolute Gasteiger partial charge is 0.326 e. The maximum absolute atomic E-state index is 12.4. The summed E-state index contributed by atoms with van der Waals surface area (Å²) >= 11 is 0. The molecule has 0 spiro atoms. The molecule has 0 aliphatic heterocycles. The molecule has 0 unspecified atom stereocenters. The Hall–Kier alpha value is -2.62. The number of benzene rings is 2. The highest BCUT2D eigenvalue weighted by molar-refractivity contribution is 6.05. The van der Waals surface area contributed by atoms with Crippen LogP contribution in [0, 0.1) is 19.8 Å². The Kier molecular flexibility index (Phi) is 5.16.